The average Bonchev–Trinajstić information content (AvgIpc) is 3.02. The van der Waals surface area contributed by atoms with Gasteiger partial charge in [0.05, 0.1) is 0 Å². The van der Waals surface area contributed by atoms with Gasteiger partial charge in [0.2, 0.25) is 0 Å². The smallest absolute Gasteiger partial charge is 0.693 e. The molecule has 2 heterocycles. The van der Waals surface area contributed by atoms with Crippen LogP contribution in [-0.2, 0) is 24.9 Å². The summed E-state index contributed by atoms with van der Waals surface area (Å²) in [4.78, 5) is 3.95. The Balaban J connectivity index is 0.000000455. The fourth-order valence-electron chi connectivity index (χ4n) is 1.50. The minimum Gasteiger partial charge on any atom is -0.693 e. The maximum atomic E-state index is 13.2. The van der Waals surface area contributed by atoms with Crippen LogP contribution < -0.4 is 0 Å². The third-order valence-corrected chi connectivity index (χ3v) is 2.42. The molecular weight excluding hydrogens is 502 g/mol. The first-order valence-corrected chi connectivity index (χ1v) is 8.98. The van der Waals surface area contributed by atoms with Crippen LogP contribution in [0.25, 0.3) is 17.4 Å². The number of aromatic nitrogens is 3. The van der Waals surface area contributed by atoms with Crippen LogP contribution in [0.2, 0.25) is 0 Å². The molecule has 0 aliphatic carbocycles. The van der Waals surface area contributed by atoms with Crippen molar-refractivity contribution in [1.29, 1.82) is 0 Å². The minimum atomic E-state index is -0.649. The molecule has 0 saturated heterocycles. The van der Waals surface area contributed by atoms with Crippen molar-refractivity contribution in [3.63, 3.8) is 0 Å². The summed E-state index contributed by atoms with van der Waals surface area (Å²) in [6, 6.07) is 11.4. The van der Waals surface area contributed by atoms with Gasteiger partial charge in [0.25, 0.3) is 0 Å². The topological polar surface area (TPSA) is 64.2 Å². The molecule has 3 aromatic rings. The second kappa shape index (κ2) is 11.8. The van der Waals surface area contributed by atoms with E-state index in [1.54, 1.807) is 35.3 Å². The van der Waals surface area contributed by atoms with Gasteiger partial charge in [0.15, 0.2) is 0 Å². The summed E-state index contributed by atoms with van der Waals surface area (Å²) in [6.07, 6.45) is 5.19. The molecule has 0 atom stereocenters. The molecule has 1 aromatic carbocycles. The number of aryl methyl sites for hydroxylation is 1. The van der Waals surface area contributed by atoms with Crippen molar-refractivity contribution < 1.29 is 26.7 Å². The summed E-state index contributed by atoms with van der Waals surface area (Å²) in [7, 11) is 6.53. The van der Waals surface area contributed by atoms with E-state index in [9.17, 15) is 8.78 Å². The molecule has 8 heteroatoms. The van der Waals surface area contributed by atoms with Crippen LogP contribution in [0.4, 0.5) is 8.78 Å². The van der Waals surface area contributed by atoms with E-state index < -0.39 is 11.6 Å². The summed E-state index contributed by atoms with van der Waals surface area (Å²) >= 11 is 1.47. The molecule has 0 amide bonds. The van der Waals surface area contributed by atoms with Crippen molar-refractivity contribution >= 4 is 9.58 Å². The number of pyridine rings is 1. The van der Waals surface area contributed by atoms with E-state index in [4.69, 9.17) is 0 Å². The number of nitrogens with zero attached hydrogens (tertiary/aromatic N) is 3. The van der Waals surface area contributed by atoms with Gasteiger partial charge in [-0.05, 0) is 17.8 Å². The Bertz CT molecular complexity index is 667. The molecule has 0 bridgehead atoms. The molecule has 2 N–H and O–H groups in total. The largest absolute Gasteiger partial charge is 0.693 e. The Morgan fingerprint density at radius 2 is 1.91 bits per heavy atom. The average molecular weight is 516 g/mol. The van der Waals surface area contributed by atoms with Gasteiger partial charge in [0.1, 0.15) is 0 Å². The standard InChI is InChI=1S/C11H6F2N.C4H6N2.ClH.Ir.H2N/c12-8-4-5-9(10(13)7-8)11-3-1-2-6-14-11;1-6-4-2-3-5-6;;;/h1-4,6-7H;2-4H,1H3;1H;;1H2/q-1;;;+3;-1/p-1. The van der Waals surface area contributed by atoms with Gasteiger partial charge >= 0.3 is 27.5 Å². The number of halogens is 3. The van der Waals surface area contributed by atoms with E-state index in [-0.39, 0.29) is 11.7 Å². The molecule has 0 radical (unpaired) electrons. The molecule has 0 unspecified atom stereocenters. The zero-order valence-corrected chi connectivity index (χ0v) is 15.2. The van der Waals surface area contributed by atoms with E-state index in [1.165, 1.54) is 17.9 Å². The van der Waals surface area contributed by atoms with E-state index in [0.717, 1.165) is 12.1 Å². The monoisotopic (exact) mass is 516 g/mol. The molecule has 4 nitrogen and oxygen atoms in total. The number of hydrogen-bond acceptors (Lipinski definition) is 2. The van der Waals surface area contributed by atoms with Crippen LogP contribution in [0, 0.1) is 17.7 Å². The fraction of sp³-hybridized carbons (Fsp3) is 0.0667. The molecule has 124 valence electrons. The summed E-state index contributed by atoms with van der Waals surface area (Å²) in [6.45, 7) is 0. The predicted octanol–water partition coefficient (Wildman–Crippen LogP) is 4.65. The number of hydrogen-bond donors (Lipinski definition) is 0. The second-order valence-corrected chi connectivity index (χ2v) is 3.94. The van der Waals surface area contributed by atoms with Crippen LogP contribution in [0.1, 0.15) is 0 Å². The maximum absolute atomic E-state index is 13.2. The Morgan fingerprint density at radius 3 is 2.35 bits per heavy atom. The van der Waals surface area contributed by atoms with Crippen LogP contribution in [-0.4, -0.2) is 14.8 Å². The Hall–Kier alpha value is -1.66. The molecule has 0 aliphatic heterocycles. The normalized spacial score (nSPS) is 8.74. The first-order valence-electron chi connectivity index (χ1n) is 6.01. The van der Waals surface area contributed by atoms with Gasteiger partial charge in [0, 0.05) is 37.3 Å². The van der Waals surface area contributed by atoms with Crippen molar-refractivity contribution in [3.8, 4) is 11.3 Å². The van der Waals surface area contributed by atoms with Crippen molar-refractivity contribution in [3.05, 3.63) is 78.8 Å². The zero-order chi connectivity index (χ0) is 16.4. The molecule has 0 aliphatic rings. The molecule has 23 heavy (non-hydrogen) atoms. The van der Waals surface area contributed by atoms with E-state index in [0.29, 0.717) is 5.69 Å². The first-order chi connectivity index (χ1) is 10.7. The van der Waals surface area contributed by atoms with Gasteiger partial charge in [-0.1, -0.05) is 23.8 Å². The number of benzene rings is 1. The van der Waals surface area contributed by atoms with Gasteiger partial charge in [-0.25, -0.2) is 0 Å². The molecular formula is C15H14ClF2IrN4. The minimum absolute atomic E-state index is 0. The molecule has 0 saturated carbocycles. The zero-order valence-electron chi connectivity index (χ0n) is 12.1. The third kappa shape index (κ3) is 7.43. The van der Waals surface area contributed by atoms with Crippen LogP contribution >= 0.6 is 9.58 Å². The third-order valence-electron chi connectivity index (χ3n) is 2.42. The molecule has 0 fully saturated rings. The molecule has 2 aromatic heterocycles. The fourth-order valence-corrected chi connectivity index (χ4v) is 1.50. The predicted molar refractivity (Wildman–Crippen MR) is 82.8 cm³/mol. The van der Waals surface area contributed by atoms with Gasteiger partial charge in [-0.3, -0.25) is 13.5 Å². The van der Waals surface area contributed by atoms with Crippen LogP contribution in [0.15, 0.2) is 55.0 Å². The first kappa shape index (κ1) is 21.3. The molecule has 0 spiro atoms. The quantitative estimate of drug-likeness (QED) is 0.443. The Morgan fingerprint density at radius 1 is 1.17 bits per heavy atom. The van der Waals surface area contributed by atoms with Crippen molar-refractivity contribution in [2.24, 2.45) is 7.05 Å². The van der Waals surface area contributed by atoms with Crippen molar-refractivity contribution in [2.45, 2.75) is 0 Å². The van der Waals surface area contributed by atoms with Gasteiger partial charge in [-0.2, -0.15) is 5.10 Å². The number of nitrogens with two attached hydrogens (primary N) is 1. The maximum Gasteiger partial charge on any atom is -0.693 e. The second-order valence-electron chi connectivity index (χ2n) is 3.94. The van der Waals surface area contributed by atoms with Gasteiger partial charge in [-0.15, -0.1) is 12.1 Å². The van der Waals surface area contributed by atoms with Gasteiger partial charge < -0.3 is 11.1 Å². The Kier molecular flexibility index (Phi) is 11.0. The van der Waals surface area contributed by atoms with Crippen LogP contribution in [0.5, 0.6) is 0 Å². The number of rotatable bonds is 1. The van der Waals surface area contributed by atoms with Crippen molar-refractivity contribution in [1.82, 2.24) is 14.8 Å². The van der Waals surface area contributed by atoms with E-state index in [2.05, 4.69) is 25.7 Å². The summed E-state index contributed by atoms with van der Waals surface area (Å²) in [5, 5.41) is 3.83. The van der Waals surface area contributed by atoms with E-state index in [1.807, 2.05) is 19.3 Å². The van der Waals surface area contributed by atoms with Crippen LogP contribution in [0.3, 0.4) is 0 Å². The summed E-state index contributed by atoms with van der Waals surface area (Å²) in [5.74, 6) is -1.29. The summed E-state index contributed by atoms with van der Waals surface area (Å²) in [5.41, 5.74) is 0.636. The molecule has 3 rings (SSSR count). The van der Waals surface area contributed by atoms with Crippen molar-refractivity contribution in [2.75, 3.05) is 0 Å². The SMILES string of the molecule is Cn1cccn1.Fc1c[c-]c(-c2ccccn2)c(F)c1.[Cl][Ir+2].[NH2-]. The summed E-state index contributed by atoms with van der Waals surface area (Å²) < 4.78 is 27.5. The van der Waals surface area contributed by atoms with E-state index >= 15 is 0 Å². The Labute approximate surface area is 148 Å².